The Hall–Kier alpha value is -1.62. The topological polar surface area (TPSA) is 88.0 Å². The number of fused-ring (bicyclic) bond motifs is 1. The summed E-state index contributed by atoms with van der Waals surface area (Å²) in [4.78, 5) is 26.5. The largest absolute Gasteiger partial charge is 0.350 e. The van der Waals surface area contributed by atoms with Gasteiger partial charge in [0.2, 0.25) is 0 Å². The lowest BCUT2D eigenvalue weighted by molar-refractivity contribution is 0.0941. The first-order valence-corrected chi connectivity index (χ1v) is 6.31. The highest BCUT2D eigenvalue weighted by Gasteiger charge is 2.21. The highest BCUT2D eigenvalue weighted by atomic mass is 16.2. The van der Waals surface area contributed by atoms with Crippen LogP contribution >= 0.6 is 0 Å². The number of aromatic nitrogens is 1. The third-order valence-electron chi connectivity index (χ3n) is 3.16. The first-order valence-electron chi connectivity index (χ1n) is 6.31. The van der Waals surface area contributed by atoms with Crippen LogP contribution in [0.5, 0.6) is 0 Å². The molecule has 0 radical (unpaired) electrons. The smallest absolute Gasteiger partial charge is 0.261 e. The Morgan fingerprint density at radius 2 is 2.28 bits per heavy atom. The molecule has 1 aromatic rings. The van der Waals surface area contributed by atoms with Crippen molar-refractivity contribution >= 4 is 5.91 Å². The summed E-state index contributed by atoms with van der Waals surface area (Å²) in [5.41, 5.74) is 7.61. The molecule has 18 heavy (non-hydrogen) atoms. The summed E-state index contributed by atoms with van der Waals surface area (Å²) in [6.45, 7) is 3.71. The normalized spacial score (nSPS) is 18.6. The predicted molar refractivity (Wildman–Crippen MR) is 69.5 cm³/mol. The van der Waals surface area contributed by atoms with Crippen molar-refractivity contribution in [2.45, 2.75) is 45.2 Å². The number of hydrogen-bond acceptors (Lipinski definition) is 3. The zero-order valence-corrected chi connectivity index (χ0v) is 10.7. The van der Waals surface area contributed by atoms with Crippen LogP contribution in [0.1, 0.15) is 54.3 Å². The number of carbonyl (C=O) groups is 1. The number of aryl methyl sites for hydroxylation is 1. The molecule has 1 aliphatic carbocycles. The van der Waals surface area contributed by atoms with Crippen LogP contribution in [0.25, 0.3) is 0 Å². The molecule has 0 unspecified atom stereocenters. The van der Waals surface area contributed by atoms with E-state index in [4.69, 9.17) is 5.73 Å². The zero-order valence-electron chi connectivity index (χ0n) is 10.7. The Morgan fingerprint density at radius 3 is 2.94 bits per heavy atom. The van der Waals surface area contributed by atoms with E-state index in [1.165, 1.54) is 0 Å². The fourth-order valence-electron chi connectivity index (χ4n) is 2.29. The summed E-state index contributed by atoms with van der Waals surface area (Å²) >= 11 is 0. The van der Waals surface area contributed by atoms with Gasteiger partial charge in [0.05, 0.1) is 0 Å². The molecule has 0 fully saturated rings. The van der Waals surface area contributed by atoms with Gasteiger partial charge in [0.15, 0.2) is 0 Å². The van der Waals surface area contributed by atoms with Crippen LogP contribution in [0.15, 0.2) is 10.9 Å². The molecule has 2 rings (SSSR count). The van der Waals surface area contributed by atoms with Crippen molar-refractivity contribution in [3.8, 4) is 0 Å². The Morgan fingerprint density at radius 1 is 1.56 bits per heavy atom. The van der Waals surface area contributed by atoms with Crippen LogP contribution in [0.2, 0.25) is 0 Å². The first kappa shape index (κ1) is 12.8. The van der Waals surface area contributed by atoms with Crippen molar-refractivity contribution in [2.24, 2.45) is 5.73 Å². The van der Waals surface area contributed by atoms with Crippen LogP contribution in [-0.2, 0) is 6.42 Å². The van der Waals surface area contributed by atoms with E-state index in [1.807, 2.05) is 13.8 Å². The lowest BCUT2D eigenvalue weighted by Crippen LogP contribution is -2.35. The summed E-state index contributed by atoms with van der Waals surface area (Å²) < 4.78 is 0. The minimum atomic E-state index is -0.341. The standard InChI is InChI=1S/C13H19N3O2/c1-7(2)15-12(17)9-6-8-10(14)4-3-5-11(8)16-13(9)18/h6-7,10H,3-5,14H2,1-2H3,(H,15,17)(H,16,18)/t10-/m1/s1. The molecule has 1 aliphatic rings. The van der Waals surface area contributed by atoms with Gasteiger partial charge in [-0.3, -0.25) is 9.59 Å². The molecule has 1 amide bonds. The summed E-state index contributed by atoms with van der Waals surface area (Å²) in [7, 11) is 0. The second-order valence-corrected chi connectivity index (χ2v) is 5.07. The number of H-pyrrole nitrogens is 1. The van der Waals surface area contributed by atoms with Gasteiger partial charge in [-0.05, 0) is 44.7 Å². The van der Waals surface area contributed by atoms with Crippen molar-refractivity contribution < 1.29 is 4.79 Å². The average Bonchev–Trinajstić information content (AvgIpc) is 2.27. The van der Waals surface area contributed by atoms with E-state index in [0.29, 0.717) is 0 Å². The second kappa shape index (κ2) is 4.94. The van der Waals surface area contributed by atoms with E-state index >= 15 is 0 Å². The molecule has 0 saturated carbocycles. The van der Waals surface area contributed by atoms with Crippen molar-refractivity contribution in [3.05, 3.63) is 33.2 Å². The SMILES string of the molecule is CC(C)NC(=O)c1cc2c([nH]c1=O)CCC[C@H]2N. The summed E-state index contributed by atoms with van der Waals surface area (Å²) in [5, 5.41) is 2.72. The molecule has 0 saturated heterocycles. The Kier molecular flexibility index (Phi) is 3.52. The lowest BCUT2D eigenvalue weighted by Gasteiger charge is -2.22. The lowest BCUT2D eigenvalue weighted by atomic mass is 9.91. The third kappa shape index (κ3) is 2.46. The Bertz CT molecular complexity index is 519. The zero-order chi connectivity index (χ0) is 13.3. The summed E-state index contributed by atoms with van der Waals surface area (Å²) in [5.74, 6) is -0.341. The van der Waals surface area contributed by atoms with Gasteiger partial charge in [0.1, 0.15) is 5.56 Å². The molecular formula is C13H19N3O2. The van der Waals surface area contributed by atoms with Gasteiger partial charge in [-0.1, -0.05) is 0 Å². The maximum Gasteiger partial charge on any atom is 0.261 e. The fraction of sp³-hybridized carbons (Fsp3) is 0.538. The number of nitrogens with two attached hydrogens (primary N) is 1. The van der Waals surface area contributed by atoms with E-state index in [1.54, 1.807) is 6.07 Å². The van der Waals surface area contributed by atoms with Crippen LogP contribution in [0.4, 0.5) is 0 Å². The van der Waals surface area contributed by atoms with Crippen LogP contribution in [0.3, 0.4) is 0 Å². The predicted octanol–water partition coefficient (Wildman–Crippen LogP) is 0.849. The fourth-order valence-corrected chi connectivity index (χ4v) is 2.29. The molecule has 1 heterocycles. The van der Waals surface area contributed by atoms with E-state index in [9.17, 15) is 9.59 Å². The van der Waals surface area contributed by atoms with Gasteiger partial charge >= 0.3 is 0 Å². The molecule has 1 atom stereocenters. The van der Waals surface area contributed by atoms with Crippen molar-refractivity contribution in [2.75, 3.05) is 0 Å². The number of aromatic amines is 1. The number of rotatable bonds is 2. The molecule has 4 N–H and O–H groups in total. The first-order chi connectivity index (χ1) is 8.49. The van der Waals surface area contributed by atoms with E-state index in [0.717, 1.165) is 30.5 Å². The molecule has 0 bridgehead atoms. The Balaban J connectivity index is 2.40. The maximum absolute atomic E-state index is 11.9. The highest BCUT2D eigenvalue weighted by molar-refractivity contribution is 5.94. The Labute approximate surface area is 106 Å². The second-order valence-electron chi connectivity index (χ2n) is 5.07. The van der Waals surface area contributed by atoms with Crippen molar-refractivity contribution in [1.29, 1.82) is 0 Å². The monoisotopic (exact) mass is 249 g/mol. The van der Waals surface area contributed by atoms with Crippen LogP contribution in [-0.4, -0.2) is 16.9 Å². The molecule has 0 spiro atoms. The molecule has 5 nitrogen and oxygen atoms in total. The minimum absolute atomic E-state index is 0.00149. The molecule has 1 aromatic heterocycles. The van der Waals surface area contributed by atoms with E-state index < -0.39 is 0 Å². The van der Waals surface area contributed by atoms with Gasteiger partial charge in [-0.25, -0.2) is 0 Å². The number of amides is 1. The average molecular weight is 249 g/mol. The molecule has 0 aromatic carbocycles. The van der Waals surface area contributed by atoms with Gasteiger partial charge in [-0.2, -0.15) is 0 Å². The number of nitrogens with one attached hydrogen (secondary N) is 2. The van der Waals surface area contributed by atoms with Gasteiger partial charge in [0.25, 0.3) is 11.5 Å². The van der Waals surface area contributed by atoms with Crippen LogP contribution in [0, 0.1) is 0 Å². The summed E-state index contributed by atoms with van der Waals surface area (Å²) in [6.07, 6.45) is 2.69. The third-order valence-corrected chi connectivity index (χ3v) is 3.16. The maximum atomic E-state index is 11.9. The molecular weight excluding hydrogens is 230 g/mol. The molecule has 5 heteroatoms. The van der Waals surface area contributed by atoms with Crippen molar-refractivity contribution in [1.82, 2.24) is 10.3 Å². The molecule has 0 aliphatic heterocycles. The quantitative estimate of drug-likeness (QED) is 0.726. The number of pyridine rings is 1. The van der Waals surface area contributed by atoms with Crippen molar-refractivity contribution in [3.63, 3.8) is 0 Å². The number of hydrogen-bond donors (Lipinski definition) is 3. The highest BCUT2D eigenvalue weighted by Crippen LogP contribution is 2.25. The van der Waals surface area contributed by atoms with E-state index in [2.05, 4.69) is 10.3 Å². The van der Waals surface area contributed by atoms with Gasteiger partial charge < -0.3 is 16.0 Å². The molecule has 98 valence electrons. The van der Waals surface area contributed by atoms with Crippen LogP contribution < -0.4 is 16.6 Å². The minimum Gasteiger partial charge on any atom is -0.350 e. The van der Waals surface area contributed by atoms with E-state index in [-0.39, 0.29) is 29.1 Å². The van der Waals surface area contributed by atoms with Gasteiger partial charge in [0, 0.05) is 17.8 Å². The van der Waals surface area contributed by atoms with Gasteiger partial charge in [-0.15, -0.1) is 0 Å². The summed E-state index contributed by atoms with van der Waals surface area (Å²) in [6, 6.07) is 1.56. The number of carbonyl (C=O) groups excluding carboxylic acids is 1.